The van der Waals surface area contributed by atoms with E-state index < -0.39 is 0 Å². The van der Waals surface area contributed by atoms with Gasteiger partial charge in [-0.1, -0.05) is 38.6 Å². The van der Waals surface area contributed by atoms with Crippen molar-refractivity contribution >= 4 is 28.5 Å². The van der Waals surface area contributed by atoms with Crippen LogP contribution in [0, 0.1) is 13.8 Å². The van der Waals surface area contributed by atoms with Crippen LogP contribution in [-0.4, -0.2) is 23.1 Å². The van der Waals surface area contributed by atoms with Gasteiger partial charge in [0.2, 0.25) is 0 Å². The van der Waals surface area contributed by atoms with E-state index in [-0.39, 0.29) is 0 Å². The van der Waals surface area contributed by atoms with Gasteiger partial charge in [0.15, 0.2) is 0 Å². The molecule has 182 valence electrons. The molecule has 1 aliphatic heterocycles. The van der Waals surface area contributed by atoms with E-state index in [2.05, 4.69) is 92.3 Å². The molecule has 1 aliphatic rings. The van der Waals surface area contributed by atoms with Gasteiger partial charge in [-0.05, 0) is 74.6 Å². The minimum atomic E-state index is 0.754. The normalized spacial score (nSPS) is 12.9. The number of allylic oxidation sites excluding steroid dienone is 1. The summed E-state index contributed by atoms with van der Waals surface area (Å²) in [6.45, 7) is 17.8. The standard InChI is InChI=1S/C30H37N5/c1-7-16-35(17-8-2)23-11-15-29(32-18-23)34-28-14-13-26(27-19-31-22(6)30(27)28)24(9-3)25-12-10-20(4)33-21(25)5/h9-15,18,31H,6-8,16-17,19H2,1-5H3,(H,32,34)/b24-9+. The Kier molecular flexibility index (Phi) is 7.54. The molecule has 0 fully saturated rings. The summed E-state index contributed by atoms with van der Waals surface area (Å²) in [4.78, 5) is 11.8. The molecule has 0 bridgehead atoms. The van der Waals surface area contributed by atoms with Crippen molar-refractivity contribution in [2.45, 2.75) is 54.0 Å². The van der Waals surface area contributed by atoms with Crippen LogP contribution in [0.2, 0.25) is 0 Å². The summed E-state index contributed by atoms with van der Waals surface area (Å²) in [5.74, 6) is 0.834. The molecule has 0 amide bonds. The Morgan fingerprint density at radius 1 is 1.06 bits per heavy atom. The van der Waals surface area contributed by atoms with Gasteiger partial charge >= 0.3 is 0 Å². The maximum Gasteiger partial charge on any atom is 0.130 e. The SMILES string of the molecule is C=C1NCc2c(/C(=C/C)c3ccc(C)nc3C)ccc(Nc3ccc(N(CCC)CCC)cn3)c21. The first-order valence-corrected chi connectivity index (χ1v) is 12.6. The summed E-state index contributed by atoms with van der Waals surface area (Å²) >= 11 is 0. The van der Waals surface area contributed by atoms with Crippen molar-refractivity contribution in [1.29, 1.82) is 0 Å². The zero-order valence-electron chi connectivity index (χ0n) is 21.7. The molecule has 0 aliphatic carbocycles. The lowest BCUT2D eigenvalue weighted by Crippen LogP contribution is -2.24. The van der Waals surface area contributed by atoms with Crippen LogP contribution in [0.3, 0.4) is 0 Å². The van der Waals surface area contributed by atoms with Crippen molar-refractivity contribution in [3.8, 4) is 0 Å². The number of hydrogen-bond donors (Lipinski definition) is 2. The number of aryl methyl sites for hydroxylation is 2. The fraction of sp³-hybridized carbons (Fsp3) is 0.333. The van der Waals surface area contributed by atoms with E-state index in [4.69, 9.17) is 9.97 Å². The van der Waals surface area contributed by atoms with Crippen LogP contribution in [0.4, 0.5) is 17.2 Å². The maximum absolute atomic E-state index is 4.73. The second-order valence-electron chi connectivity index (χ2n) is 9.15. The molecular weight excluding hydrogens is 430 g/mol. The average Bonchev–Trinajstić information content (AvgIpc) is 3.24. The smallest absolute Gasteiger partial charge is 0.130 e. The van der Waals surface area contributed by atoms with Gasteiger partial charge in [0.25, 0.3) is 0 Å². The zero-order chi connectivity index (χ0) is 24.9. The second-order valence-corrected chi connectivity index (χ2v) is 9.15. The molecule has 2 N–H and O–H groups in total. The molecule has 5 heteroatoms. The Hall–Kier alpha value is -3.60. The number of pyridine rings is 2. The number of aromatic nitrogens is 2. The predicted molar refractivity (Wildman–Crippen MR) is 149 cm³/mol. The third-order valence-corrected chi connectivity index (χ3v) is 6.55. The zero-order valence-corrected chi connectivity index (χ0v) is 21.7. The van der Waals surface area contributed by atoms with Gasteiger partial charge in [-0.2, -0.15) is 0 Å². The molecule has 3 aromatic rings. The van der Waals surface area contributed by atoms with Gasteiger partial charge in [-0.15, -0.1) is 0 Å². The van der Waals surface area contributed by atoms with Crippen molar-refractivity contribution in [3.05, 3.63) is 88.9 Å². The summed E-state index contributed by atoms with van der Waals surface area (Å²) in [6, 6.07) is 12.8. The summed E-state index contributed by atoms with van der Waals surface area (Å²) < 4.78 is 0. The first-order valence-electron chi connectivity index (χ1n) is 12.6. The Bertz CT molecular complexity index is 1230. The minimum absolute atomic E-state index is 0.754. The average molecular weight is 468 g/mol. The van der Waals surface area contributed by atoms with E-state index in [1.54, 1.807) is 0 Å². The Labute approximate surface area is 210 Å². The number of fused-ring (bicyclic) bond motifs is 1. The topological polar surface area (TPSA) is 53.1 Å². The Morgan fingerprint density at radius 2 is 1.80 bits per heavy atom. The number of anilines is 3. The lowest BCUT2D eigenvalue weighted by Gasteiger charge is -2.23. The van der Waals surface area contributed by atoms with Crippen LogP contribution in [0.5, 0.6) is 0 Å². The van der Waals surface area contributed by atoms with Gasteiger partial charge < -0.3 is 15.5 Å². The molecule has 5 nitrogen and oxygen atoms in total. The van der Waals surface area contributed by atoms with Gasteiger partial charge in [0.05, 0.1) is 11.9 Å². The summed E-state index contributed by atoms with van der Waals surface area (Å²) in [7, 11) is 0. The second kappa shape index (κ2) is 10.8. The van der Waals surface area contributed by atoms with Crippen LogP contribution in [0.25, 0.3) is 11.3 Å². The molecular formula is C30H37N5. The quantitative estimate of drug-likeness (QED) is 0.355. The number of hydrogen-bond acceptors (Lipinski definition) is 5. The molecule has 0 saturated carbocycles. The van der Waals surface area contributed by atoms with Crippen LogP contribution >= 0.6 is 0 Å². The van der Waals surface area contributed by atoms with Crippen LogP contribution < -0.4 is 15.5 Å². The van der Waals surface area contributed by atoms with E-state index in [0.717, 1.165) is 66.6 Å². The third kappa shape index (κ3) is 5.09. The number of benzene rings is 1. The fourth-order valence-corrected chi connectivity index (χ4v) is 4.94. The van der Waals surface area contributed by atoms with Gasteiger partial charge in [-0.25, -0.2) is 4.98 Å². The number of nitrogens with zero attached hydrogens (tertiary/aromatic N) is 3. The van der Waals surface area contributed by atoms with E-state index in [1.807, 2.05) is 13.1 Å². The number of rotatable bonds is 9. The van der Waals surface area contributed by atoms with E-state index in [1.165, 1.54) is 28.0 Å². The number of nitrogens with one attached hydrogen (secondary N) is 2. The van der Waals surface area contributed by atoms with Crippen molar-refractivity contribution < 1.29 is 0 Å². The Morgan fingerprint density at radius 3 is 2.43 bits per heavy atom. The van der Waals surface area contributed by atoms with E-state index in [9.17, 15) is 0 Å². The summed E-state index contributed by atoms with van der Waals surface area (Å²) in [5.41, 5.74) is 11.2. The molecule has 0 radical (unpaired) electrons. The molecule has 2 aromatic heterocycles. The molecule has 0 spiro atoms. The highest BCUT2D eigenvalue weighted by Gasteiger charge is 2.24. The van der Waals surface area contributed by atoms with Gasteiger partial charge in [0, 0.05) is 53.5 Å². The highest BCUT2D eigenvalue weighted by atomic mass is 15.1. The first kappa shape index (κ1) is 24.5. The highest BCUT2D eigenvalue weighted by Crippen LogP contribution is 2.39. The van der Waals surface area contributed by atoms with Crippen LogP contribution in [0.1, 0.15) is 67.3 Å². The van der Waals surface area contributed by atoms with E-state index in [0.29, 0.717) is 0 Å². The van der Waals surface area contributed by atoms with Crippen LogP contribution in [-0.2, 0) is 6.54 Å². The molecule has 4 rings (SSSR count). The van der Waals surface area contributed by atoms with Crippen molar-refractivity contribution in [3.63, 3.8) is 0 Å². The molecule has 0 atom stereocenters. The predicted octanol–water partition coefficient (Wildman–Crippen LogP) is 6.99. The molecule has 0 saturated heterocycles. The third-order valence-electron chi connectivity index (χ3n) is 6.55. The fourth-order valence-electron chi connectivity index (χ4n) is 4.94. The monoisotopic (exact) mass is 467 g/mol. The lowest BCUT2D eigenvalue weighted by molar-refractivity contribution is 0.743. The van der Waals surface area contributed by atoms with Crippen LogP contribution in [0.15, 0.2) is 55.3 Å². The molecule has 35 heavy (non-hydrogen) atoms. The summed E-state index contributed by atoms with van der Waals surface area (Å²) in [5, 5.41) is 7.00. The largest absolute Gasteiger partial charge is 0.381 e. The maximum atomic E-state index is 4.73. The lowest BCUT2D eigenvalue weighted by atomic mass is 9.90. The first-order chi connectivity index (χ1) is 17.0. The summed E-state index contributed by atoms with van der Waals surface area (Å²) in [6.07, 6.45) is 6.40. The molecule has 0 unspecified atom stereocenters. The van der Waals surface area contributed by atoms with Crippen molar-refractivity contribution in [2.24, 2.45) is 0 Å². The van der Waals surface area contributed by atoms with Gasteiger partial charge in [0.1, 0.15) is 5.82 Å². The molecule has 1 aromatic carbocycles. The van der Waals surface area contributed by atoms with Gasteiger partial charge in [-0.3, -0.25) is 4.98 Å². The Balaban J connectivity index is 1.66. The highest BCUT2D eigenvalue weighted by molar-refractivity contribution is 5.90. The van der Waals surface area contributed by atoms with E-state index >= 15 is 0 Å². The van der Waals surface area contributed by atoms with Crippen molar-refractivity contribution in [1.82, 2.24) is 15.3 Å². The minimum Gasteiger partial charge on any atom is -0.381 e. The molecule has 3 heterocycles. The van der Waals surface area contributed by atoms with Crippen molar-refractivity contribution in [2.75, 3.05) is 23.3 Å².